The van der Waals surface area contributed by atoms with Crippen LogP contribution >= 0.6 is 0 Å². The molecular formula is C22H25N3O4. The molecule has 0 aliphatic carbocycles. The Morgan fingerprint density at radius 1 is 1.10 bits per heavy atom. The Bertz CT molecular complexity index is 926. The lowest BCUT2D eigenvalue weighted by Crippen LogP contribution is -2.47. The third-order valence-electron chi connectivity index (χ3n) is 4.49. The van der Waals surface area contributed by atoms with Crippen LogP contribution in [0.5, 0.6) is 5.75 Å². The number of hydrogen-bond donors (Lipinski definition) is 2. The molecule has 3 amide bonds. The Morgan fingerprint density at radius 3 is 2.55 bits per heavy atom. The molecule has 2 N–H and O–H groups in total. The number of amides is 3. The summed E-state index contributed by atoms with van der Waals surface area (Å²) >= 11 is 0. The zero-order valence-corrected chi connectivity index (χ0v) is 16.8. The average molecular weight is 395 g/mol. The van der Waals surface area contributed by atoms with Crippen LogP contribution in [0.25, 0.3) is 0 Å². The molecule has 0 saturated heterocycles. The summed E-state index contributed by atoms with van der Waals surface area (Å²) in [6.07, 6.45) is -0.674. The minimum atomic E-state index is -0.674. The van der Waals surface area contributed by atoms with Gasteiger partial charge in [-0.05, 0) is 37.1 Å². The molecule has 0 saturated carbocycles. The van der Waals surface area contributed by atoms with E-state index in [1.54, 1.807) is 49.4 Å². The third-order valence-corrected chi connectivity index (χ3v) is 4.49. The van der Waals surface area contributed by atoms with Gasteiger partial charge in [-0.2, -0.15) is 0 Å². The number of carbonyl (C=O) groups excluding carboxylic acids is 3. The molecule has 2 aromatic carbocycles. The van der Waals surface area contributed by atoms with E-state index in [-0.39, 0.29) is 18.4 Å². The maximum absolute atomic E-state index is 12.7. The summed E-state index contributed by atoms with van der Waals surface area (Å²) in [5.74, 6) is -0.0693. The molecule has 1 aliphatic heterocycles. The molecule has 2 aromatic rings. The summed E-state index contributed by atoms with van der Waals surface area (Å²) in [5, 5.41) is 5.61. The first-order valence-electron chi connectivity index (χ1n) is 9.61. The quantitative estimate of drug-likeness (QED) is 0.787. The van der Waals surface area contributed by atoms with Gasteiger partial charge in [0.1, 0.15) is 12.3 Å². The number of carbonyl (C=O) groups is 3. The van der Waals surface area contributed by atoms with Crippen molar-refractivity contribution in [1.82, 2.24) is 5.32 Å². The van der Waals surface area contributed by atoms with Gasteiger partial charge in [-0.25, -0.2) is 0 Å². The van der Waals surface area contributed by atoms with Crippen molar-refractivity contribution in [1.29, 1.82) is 0 Å². The highest BCUT2D eigenvalue weighted by Crippen LogP contribution is 2.33. The Labute approximate surface area is 170 Å². The number of hydrogen-bond acceptors (Lipinski definition) is 4. The number of rotatable bonds is 6. The van der Waals surface area contributed by atoms with Crippen molar-refractivity contribution < 1.29 is 19.1 Å². The van der Waals surface area contributed by atoms with Crippen LogP contribution in [-0.4, -0.2) is 36.9 Å². The fourth-order valence-electron chi connectivity index (χ4n) is 3.04. The fraction of sp³-hybridized carbons (Fsp3) is 0.318. The van der Waals surface area contributed by atoms with Crippen molar-refractivity contribution in [2.45, 2.75) is 26.9 Å². The van der Waals surface area contributed by atoms with Gasteiger partial charge < -0.3 is 15.4 Å². The number of nitrogens with zero attached hydrogens (tertiary/aromatic N) is 1. The van der Waals surface area contributed by atoms with Crippen LogP contribution in [0.3, 0.4) is 0 Å². The highest BCUT2D eigenvalue weighted by molar-refractivity contribution is 6.08. The van der Waals surface area contributed by atoms with Gasteiger partial charge in [0.05, 0.1) is 16.9 Å². The molecule has 0 fully saturated rings. The topological polar surface area (TPSA) is 87.7 Å². The minimum Gasteiger partial charge on any atom is -0.479 e. The molecule has 7 nitrogen and oxygen atoms in total. The maximum atomic E-state index is 12.7. The lowest BCUT2D eigenvalue weighted by atomic mass is 10.1. The highest BCUT2D eigenvalue weighted by atomic mass is 16.5. The SMILES string of the molecule is CC(C)CNC(=O)c1ccccc1NC(=O)CN1C(=O)C(C)Oc2ccccc21. The van der Waals surface area contributed by atoms with Crippen LogP contribution < -0.4 is 20.3 Å². The van der Waals surface area contributed by atoms with E-state index in [2.05, 4.69) is 10.6 Å². The van der Waals surface area contributed by atoms with Crippen molar-refractivity contribution in [3.05, 3.63) is 54.1 Å². The summed E-state index contributed by atoms with van der Waals surface area (Å²) in [5.41, 5.74) is 1.33. The second-order valence-corrected chi connectivity index (χ2v) is 7.35. The van der Waals surface area contributed by atoms with E-state index in [9.17, 15) is 14.4 Å². The molecule has 1 aliphatic rings. The van der Waals surface area contributed by atoms with E-state index < -0.39 is 12.0 Å². The van der Waals surface area contributed by atoms with Gasteiger partial charge in [0, 0.05) is 6.54 Å². The van der Waals surface area contributed by atoms with Crippen molar-refractivity contribution in [3.63, 3.8) is 0 Å². The van der Waals surface area contributed by atoms with Gasteiger partial charge in [0.2, 0.25) is 5.91 Å². The zero-order valence-electron chi connectivity index (χ0n) is 16.8. The number of nitrogens with one attached hydrogen (secondary N) is 2. The Balaban J connectivity index is 1.75. The number of para-hydroxylation sites is 3. The molecule has 0 bridgehead atoms. The van der Waals surface area contributed by atoms with Gasteiger partial charge in [-0.15, -0.1) is 0 Å². The van der Waals surface area contributed by atoms with Gasteiger partial charge in [-0.3, -0.25) is 19.3 Å². The Kier molecular flexibility index (Phi) is 6.16. The molecule has 29 heavy (non-hydrogen) atoms. The normalized spacial score (nSPS) is 15.5. The van der Waals surface area contributed by atoms with E-state index >= 15 is 0 Å². The predicted octanol–water partition coefficient (Wildman–Crippen LogP) is 2.83. The summed E-state index contributed by atoms with van der Waals surface area (Å²) < 4.78 is 5.60. The number of ether oxygens (including phenoxy) is 1. The largest absolute Gasteiger partial charge is 0.479 e. The smallest absolute Gasteiger partial charge is 0.268 e. The number of benzene rings is 2. The standard InChI is InChI=1S/C22H25N3O4/c1-14(2)12-23-21(27)16-8-4-5-9-17(16)24-20(26)13-25-18-10-6-7-11-19(18)29-15(3)22(25)28/h4-11,14-15H,12-13H2,1-3H3,(H,23,27)(H,24,26). The van der Waals surface area contributed by atoms with Crippen LogP contribution in [0, 0.1) is 5.92 Å². The monoisotopic (exact) mass is 395 g/mol. The summed E-state index contributed by atoms with van der Waals surface area (Å²) in [4.78, 5) is 39.1. The maximum Gasteiger partial charge on any atom is 0.268 e. The number of fused-ring (bicyclic) bond motifs is 1. The molecule has 0 aromatic heterocycles. The summed E-state index contributed by atoms with van der Waals surface area (Å²) in [6, 6.07) is 13.9. The minimum absolute atomic E-state index is 0.175. The molecule has 152 valence electrons. The fourth-order valence-corrected chi connectivity index (χ4v) is 3.04. The second-order valence-electron chi connectivity index (χ2n) is 7.35. The third kappa shape index (κ3) is 4.74. The number of anilines is 2. The first-order valence-corrected chi connectivity index (χ1v) is 9.61. The first-order chi connectivity index (χ1) is 13.9. The van der Waals surface area contributed by atoms with Crippen molar-refractivity contribution in [3.8, 4) is 5.75 Å². The highest BCUT2D eigenvalue weighted by Gasteiger charge is 2.32. The van der Waals surface area contributed by atoms with Gasteiger partial charge in [0.25, 0.3) is 11.8 Å². The first kappa shape index (κ1) is 20.4. The van der Waals surface area contributed by atoms with E-state index in [0.717, 1.165) is 0 Å². The molecule has 0 radical (unpaired) electrons. The summed E-state index contributed by atoms with van der Waals surface area (Å²) in [6.45, 7) is 6.03. The van der Waals surface area contributed by atoms with Gasteiger partial charge >= 0.3 is 0 Å². The van der Waals surface area contributed by atoms with Crippen LogP contribution in [0.4, 0.5) is 11.4 Å². The molecule has 7 heteroatoms. The van der Waals surface area contributed by atoms with E-state index in [1.165, 1.54) is 4.90 Å². The zero-order chi connectivity index (χ0) is 21.0. The average Bonchev–Trinajstić information content (AvgIpc) is 2.70. The molecule has 1 unspecified atom stereocenters. The Hall–Kier alpha value is -3.35. The van der Waals surface area contributed by atoms with Crippen LogP contribution in [0.1, 0.15) is 31.1 Å². The molecular weight excluding hydrogens is 370 g/mol. The Morgan fingerprint density at radius 2 is 1.79 bits per heavy atom. The van der Waals surface area contributed by atoms with Crippen LogP contribution in [-0.2, 0) is 9.59 Å². The van der Waals surface area contributed by atoms with Crippen LogP contribution in [0.2, 0.25) is 0 Å². The van der Waals surface area contributed by atoms with E-state index in [1.807, 2.05) is 19.9 Å². The van der Waals surface area contributed by atoms with Gasteiger partial charge in [0.15, 0.2) is 6.10 Å². The van der Waals surface area contributed by atoms with E-state index in [4.69, 9.17) is 4.74 Å². The van der Waals surface area contributed by atoms with Gasteiger partial charge in [-0.1, -0.05) is 38.1 Å². The van der Waals surface area contributed by atoms with Crippen molar-refractivity contribution in [2.24, 2.45) is 5.92 Å². The van der Waals surface area contributed by atoms with E-state index in [0.29, 0.717) is 35.2 Å². The lowest BCUT2D eigenvalue weighted by molar-refractivity contribution is -0.127. The lowest BCUT2D eigenvalue weighted by Gasteiger charge is -2.32. The molecule has 3 rings (SSSR count). The van der Waals surface area contributed by atoms with Crippen molar-refractivity contribution in [2.75, 3.05) is 23.3 Å². The molecule has 1 atom stereocenters. The van der Waals surface area contributed by atoms with Crippen LogP contribution in [0.15, 0.2) is 48.5 Å². The molecule has 0 spiro atoms. The molecule has 1 heterocycles. The predicted molar refractivity (Wildman–Crippen MR) is 111 cm³/mol. The second kappa shape index (κ2) is 8.77. The van der Waals surface area contributed by atoms with Crippen molar-refractivity contribution >= 4 is 29.1 Å². The summed E-state index contributed by atoms with van der Waals surface area (Å²) in [7, 11) is 0.